The molecular formula is C18H24FN3O2S. The van der Waals surface area contributed by atoms with Crippen molar-refractivity contribution < 1.29 is 13.9 Å². The van der Waals surface area contributed by atoms with E-state index in [1.54, 1.807) is 23.5 Å². The van der Waals surface area contributed by atoms with Crippen molar-refractivity contribution in [1.29, 1.82) is 0 Å². The number of likely N-dealkylation sites (N-methyl/N-ethyl adjacent to an activating group) is 1. The minimum atomic E-state index is -0.260. The van der Waals surface area contributed by atoms with E-state index < -0.39 is 0 Å². The Morgan fingerprint density at radius 3 is 2.80 bits per heavy atom. The van der Waals surface area contributed by atoms with Crippen molar-refractivity contribution in [3.63, 3.8) is 0 Å². The van der Waals surface area contributed by atoms with Crippen LogP contribution in [0, 0.1) is 5.82 Å². The Morgan fingerprint density at radius 1 is 1.28 bits per heavy atom. The van der Waals surface area contributed by atoms with Crippen LogP contribution in [0.2, 0.25) is 0 Å². The summed E-state index contributed by atoms with van der Waals surface area (Å²) < 4.78 is 23.9. The summed E-state index contributed by atoms with van der Waals surface area (Å²) in [7, 11) is 2.12. The molecule has 3 rings (SSSR count). The Labute approximate surface area is 152 Å². The molecule has 1 saturated heterocycles. The maximum atomic E-state index is 12.9. The highest BCUT2D eigenvalue weighted by Gasteiger charge is 2.12. The largest absolute Gasteiger partial charge is 0.486 e. The number of nitrogens with zero attached hydrogens (tertiary/aromatic N) is 3. The molecule has 0 unspecified atom stereocenters. The zero-order chi connectivity index (χ0) is 17.5. The van der Waals surface area contributed by atoms with Crippen molar-refractivity contribution in [1.82, 2.24) is 14.8 Å². The molecule has 1 aromatic carbocycles. The van der Waals surface area contributed by atoms with Crippen molar-refractivity contribution >= 4 is 11.3 Å². The highest BCUT2D eigenvalue weighted by Crippen LogP contribution is 2.16. The van der Waals surface area contributed by atoms with Gasteiger partial charge < -0.3 is 9.47 Å². The topological polar surface area (TPSA) is 37.8 Å². The molecule has 5 nitrogen and oxygen atoms in total. The lowest BCUT2D eigenvalue weighted by Crippen LogP contribution is -2.40. The van der Waals surface area contributed by atoms with Gasteiger partial charge in [-0.3, -0.25) is 9.80 Å². The maximum Gasteiger partial charge on any atom is 0.140 e. The fourth-order valence-electron chi connectivity index (χ4n) is 2.66. The lowest BCUT2D eigenvalue weighted by Gasteiger charge is -2.28. The molecule has 2 heterocycles. The molecule has 0 bridgehead atoms. The summed E-state index contributed by atoms with van der Waals surface area (Å²) in [4.78, 5) is 9.34. The predicted octanol–water partition coefficient (Wildman–Crippen LogP) is 2.63. The van der Waals surface area contributed by atoms with Crippen molar-refractivity contribution in [3.8, 4) is 5.75 Å². The summed E-state index contributed by atoms with van der Waals surface area (Å²) in [5, 5.41) is 3.01. The summed E-state index contributed by atoms with van der Waals surface area (Å²) in [6.07, 6.45) is 0. The average molecular weight is 365 g/mol. The van der Waals surface area contributed by atoms with E-state index in [0.29, 0.717) is 12.4 Å². The Hall–Kier alpha value is -1.54. The molecule has 0 amide bonds. The van der Waals surface area contributed by atoms with E-state index in [0.717, 1.165) is 56.6 Å². The molecular weight excluding hydrogens is 341 g/mol. The molecule has 0 aliphatic carbocycles. The van der Waals surface area contributed by atoms with Crippen LogP contribution in [0.4, 0.5) is 4.39 Å². The van der Waals surface area contributed by atoms with Crippen molar-refractivity contribution in [2.45, 2.75) is 13.2 Å². The third kappa shape index (κ3) is 6.04. The normalized spacial score (nSPS) is 15.6. The van der Waals surface area contributed by atoms with Gasteiger partial charge in [-0.2, -0.15) is 0 Å². The van der Waals surface area contributed by atoms with E-state index in [1.807, 2.05) is 0 Å². The lowest BCUT2D eigenvalue weighted by atomic mass is 10.3. The third-order valence-corrected chi connectivity index (χ3v) is 4.98. The first-order chi connectivity index (χ1) is 12.2. The zero-order valence-electron chi connectivity index (χ0n) is 14.5. The SMILES string of the molecule is CN(CCN1CCOCC1)Cc1csc(COc2ccc(F)cc2)n1. The Morgan fingerprint density at radius 2 is 2.04 bits per heavy atom. The molecule has 1 fully saturated rings. The highest BCUT2D eigenvalue weighted by atomic mass is 32.1. The van der Waals surface area contributed by atoms with Gasteiger partial charge in [0, 0.05) is 38.1 Å². The summed E-state index contributed by atoms with van der Waals surface area (Å²) >= 11 is 1.60. The van der Waals surface area contributed by atoms with Gasteiger partial charge in [-0.15, -0.1) is 11.3 Å². The van der Waals surface area contributed by atoms with Crippen LogP contribution in [0.25, 0.3) is 0 Å². The second kappa shape index (κ2) is 9.24. The molecule has 7 heteroatoms. The molecule has 0 atom stereocenters. The number of rotatable bonds is 8. The van der Waals surface area contributed by atoms with E-state index in [-0.39, 0.29) is 5.82 Å². The van der Waals surface area contributed by atoms with E-state index in [2.05, 4.69) is 27.2 Å². The number of hydrogen-bond donors (Lipinski definition) is 0. The van der Waals surface area contributed by atoms with E-state index in [9.17, 15) is 4.39 Å². The highest BCUT2D eigenvalue weighted by molar-refractivity contribution is 7.09. The summed E-state index contributed by atoms with van der Waals surface area (Å²) in [6.45, 7) is 7.04. The number of halogens is 1. The average Bonchev–Trinajstić information content (AvgIpc) is 3.08. The fraction of sp³-hybridized carbons (Fsp3) is 0.500. The molecule has 0 spiro atoms. The Bertz CT molecular complexity index is 644. The van der Waals surface area contributed by atoms with Gasteiger partial charge in [0.05, 0.1) is 18.9 Å². The minimum absolute atomic E-state index is 0.260. The Kier molecular flexibility index (Phi) is 6.75. The monoisotopic (exact) mass is 365 g/mol. The van der Waals surface area contributed by atoms with Crippen LogP contribution in [0.5, 0.6) is 5.75 Å². The molecule has 0 N–H and O–H groups in total. The van der Waals surface area contributed by atoms with Crippen LogP contribution in [0.3, 0.4) is 0 Å². The van der Waals surface area contributed by atoms with Crippen LogP contribution in [0.15, 0.2) is 29.6 Å². The third-order valence-electron chi connectivity index (χ3n) is 4.11. The predicted molar refractivity (Wildman–Crippen MR) is 96.4 cm³/mol. The summed E-state index contributed by atoms with van der Waals surface area (Å²) in [6, 6.07) is 6.05. The van der Waals surface area contributed by atoms with Gasteiger partial charge in [0.1, 0.15) is 23.2 Å². The second-order valence-corrected chi connectivity index (χ2v) is 7.11. The van der Waals surface area contributed by atoms with Crippen LogP contribution in [-0.4, -0.2) is 61.2 Å². The quantitative estimate of drug-likeness (QED) is 0.719. The van der Waals surface area contributed by atoms with Crippen LogP contribution in [0.1, 0.15) is 10.7 Å². The van der Waals surface area contributed by atoms with Crippen LogP contribution >= 0.6 is 11.3 Å². The Balaban J connectivity index is 1.40. The van der Waals surface area contributed by atoms with Gasteiger partial charge in [0.25, 0.3) is 0 Å². The molecule has 136 valence electrons. The summed E-state index contributed by atoms with van der Waals surface area (Å²) in [5.41, 5.74) is 1.06. The van der Waals surface area contributed by atoms with Gasteiger partial charge in [0.2, 0.25) is 0 Å². The van der Waals surface area contributed by atoms with Crippen molar-refractivity contribution in [2.24, 2.45) is 0 Å². The van der Waals surface area contributed by atoms with E-state index >= 15 is 0 Å². The standard InChI is InChI=1S/C18H24FN3O2S/c1-21(6-7-22-8-10-23-11-9-22)12-16-14-25-18(20-16)13-24-17-4-2-15(19)3-5-17/h2-5,14H,6-13H2,1H3. The van der Waals surface area contributed by atoms with Gasteiger partial charge in [-0.05, 0) is 31.3 Å². The number of morpholine rings is 1. The first-order valence-electron chi connectivity index (χ1n) is 8.49. The van der Waals surface area contributed by atoms with E-state index in [1.165, 1.54) is 12.1 Å². The fourth-order valence-corrected chi connectivity index (χ4v) is 3.35. The first kappa shape index (κ1) is 18.3. The lowest BCUT2D eigenvalue weighted by molar-refractivity contribution is 0.0341. The van der Waals surface area contributed by atoms with Crippen LogP contribution in [-0.2, 0) is 17.9 Å². The number of aromatic nitrogens is 1. The summed E-state index contributed by atoms with van der Waals surface area (Å²) in [5.74, 6) is 0.393. The van der Waals surface area contributed by atoms with E-state index in [4.69, 9.17) is 9.47 Å². The zero-order valence-corrected chi connectivity index (χ0v) is 15.3. The molecule has 2 aromatic rings. The smallest absolute Gasteiger partial charge is 0.140 e. The number of benzene rings is 1. The molecule has 1 aromatic heterocycles. The van der Waals surface area contributed by atoms with Gasteiger partial charge in [-0.1, -0.05) is 0 Å². The number of thiazole rings is 1. The maximum absolute atomic E-state index is 12.9. The molecule has 1 aliphatic heterocycles. The van der Waals surface area contributed by atoms with Crippen molar-refractivity contribution in [3.05, 3.63) is 46.2 Å². The van der Waals surface area contributed by atoms with Gasteiger partial charge in [0.15, 0.2) is 0 Å². The number of ether oxygens (including phenoxy) is 2. The van der Waals surface area contributed by atoms with Crippen LogP contribution < -0.4 is 4.74 Å². The second-order valence-electron chi connectivity index (χ2n) is 6.17. The molecule has 0 saturated carbocycles. The minimum Gasteiger partial charge on any atom is -0.486 e. The molecule has 0 radical (unpaired) electrons. The van der Waals surface area contributed by atoms with Gasteiger partial charge in [-0.25, -0.2) is 9.37 Å². The molecule has 1 aliphatic rings. The van der Waals surface area contributed by atoms with Gasteiger partial charge >= 0.3 is 0 Å². The number of hydrogen-bond acceptors (Lipinski definition) is 6. The van der Waals surface area contributed by atoms with Crippen molar-refractivity contribution in [2.75, 3.05) is 46.4 Å². The first-order valence-corrected chi connectivity index (χ1v) is 9.37. The molecule has 25 heavy (non-hydrogen) atoms.